The van der Waals surface area contributed by atoms with Gasteiger partial charge in [-0.1, -0.05) is 41.4 Å². The Morgan fingerprint density at radius 3 is 2.68 bits per heavy atom. The summed E-state index contributed by atoms with van der Waals surface area (Å²) in [5.41, 5.74) is 3.78. The van der Waals surface area contributed by atoms with Crippen LogP contribution in [0.3, 0.4) is 0 Å². The van der Waals surface area contributed by atoms with Crippen LogP contribution in [0.25, 0.3) is 0 Å². The number of rotatable bonds is 3. The summed E-state index contributed by atoms with van der Waals surface area (Å²) in [4.78, 5) is 33.5. The van der Waals surface area contributed by atoms with Gasteiger partial charge in [-0.2, -0.15) is 0 Å². The van der Waals surface area contributed by atoms with Crippen LogP contribution in [0.5, 0.6) is 0 Å². The molecule has 0 saturated heterocycles. The van der Waals surface area contributed by atoms with Gasteiger partial charge in [-0.15, -0.1) is 0 Å². The summed E-state index contributed by atoms with van der Waals surface area (Å²) in [6, 6.07) is 14.8. The molecule has 4 rings (SSSR count). The minimum Gasteiger partial charge on any atom is -0.294 e. The van der Waals surface area contributed by atoms with Gasteiger partial charge in [-0.05, 0) is 49.1 Å². The average Bonchev–Trinajstić information content (AvgIpc) is 2.68. The summed E-state index contributed by atoms with van der Waals surface area (Å²) in [6.07, 6.45) is 2.49. The number of halogens is 1. The van der Waals surface area contributed by atoms with E-state index >= 15 is 0 Å². The van der Waals surface area contributed by atoms with Crippen molar-refractivity contribution in [3.05, 3.63) is 87.7 Å². The molecule has 0 radical (unpaired) electrons. The number of nitrogens with zero attached hydrogens (tertiary/aromatic N) is 2. The van der Waals surface area contributed by atoms with E-state index in [9.17, 15) is 9.59 Å². The molecule has 5 nitrogen and oxygen atoms in total. The Morgan fingerprint density at radius 1 is 1.14 bits per heavy atom. The van der Waals surface area contributed by atoms with Gasteiger partial charge >= 0.3 is 0 Å². The van der Waals surface area contributed by atoms with Crippen LogP contribution < -0.4 is 5.32 Å². The Labute approximate surface area is 167 Å². The van der Waals surface area contributed by atoms with E-state index in [-0.39, 0.29) is 23.6 Å². The third kappa shape index (κ3) is 3.80. The van der Waals surface area contributed by atoms with Crippen molar-refractivity contribution in [3.8, 4) is 0 Å². The van der Waals surface area contributed by atoms with Gasteiger partial charge in [0.1, 0.15) is 0 Å². The number of fused-ring (bicyclic) bond motifs is 1. The van der Waals surface area contributed by atoms with E-state index in [0.717, 1.165) is 11.1 Å². The predicted octanol–water partition coefficient (Wildman–Crippen LogP) is 4.60. The number of hydrogen-bond acceptors (Lipinski definition) is 4. The van der Waals surface area contributed by atoms with Gasteiger partial charge < -0.3 is 0 Å². The molecule has 1 N–H and O–H groups in total. The molecule has 1 amide bonds. The largest absolute Gasteiger partial charge is 0.294 e. The molecule has 1 aliphatic rings. The molecule has 2 aromatic carbocycles. The van der Waals surface area contributed by atoms with Crippen LogP contribution in [0, 0.1) is 6.92 Å². The molecule has 1 aromatic heterocycles. The van der Waals surface area contributed by atoms with Gasteiger partial charge in [0.25, 0.3) is 5.91 Å². The lowest BCUT2D eigenvalue weighted by atomic mass is 9.82. The molecule has 0 spiro atoms. The third-order valence-corrected chi connectivity index (χ3v) is 5.13. The van der Waals surface area contributed by atoms with Crippen molar-refractivity contribution in [3.63, 3.8) is 0 Å². The fraction of sp³-hybridized carbons (Fsp3) is 0.182. The van der Waals surface area contributed by atoms with Crippen molar-refractivity contribution in [2.24, 2.45) is 0 Å². The molecule has 0 fully saturated rings. The maximum Gasteiger partial charge on any atom is 0.258 e. The van der Waals surface area contributed by atoms with Crippen molar-refractivity contribution in [2.75, 3.05) is 5.32 Å². The zero-order valence-corrected chi connectivity index (χ0v) is 16.0. The van der Waals surface area contributed by atoms with E-state index in [4.69, 9.17) is 11.6 Å². The van der Waals surface area contributed by atoms with E-state index in [1.54, 1.807) is 12.1 Å². The molecule has 3 aromatic rings. The SMILES string of the molecule is Cc1ccc(C(=O)Nc2ncc3c(n2)C[C@@H](c2cccc(Cl)c2)CC3=O)cc1. The molecule has 0 aliphatic heterocycles. The van der Waals surface area contributed by atoms with E-state index in [2.05, 4.69) is 15.3 Å². The average molecular weight is 392 g/mol. The lowest BCUT2D eigenvalue weighted by Gasteiger charge is -2.23. The number of ketones is 1. The van der Waals surface area contributed by atoms with Crippen LogP contribution in [0.1, 0.15) is 49.9 Å². The molecule has 6 heteroatoms. The summed E-state index contributed by atoms with van der Waals surface area (Å²) >= 11 is 6.09. The Morgan fingerprint density at radius 2 is 1.93 bits per heavy atom. The van der Waals surface area contributed by atoms with Gasteiger partial charge in [0.2, 0.25) is 5.95 Å². The minimum atomic E-state index is -0.284. The zero-order chi connectivity index (χ0) is 19.7. The van der Waals surface area contributed by atoms with Crippen LogP contribution >= 0.6 is 11.6 Å². The minimum absolute atomic E-state index is 0.00244. The Hall–Kier alpha value is -3.05. The number of amides is 1. The molecule has 0 saturated carbocycles. The van der Waals surface area contributed by atoms with Gasteiger partial charge in [0, 0.05) is 23.2 Å². The second-order valence-electron chi connectivity index (χ2n) is 6.96. The zero-order valence-electron chi connectivity index (χ0n) is 15.3. The first-order valence-electron chi connectivity index (χ1n) is 9.02. The number of aryl methyl sites for hydroxylation is 1. The number of hydrogen-bond donors (Lipinski definition) is 1. The number of anilines is 1. The van der Waals surface area contributed by atoms with Crippen LogP contribution in [0.4, 0.5) is 5.95 Å². The summed E-state index contributed by atoms with van der Waals surface area (Å²) < 4.78 is 0. The number of Topliss-reactive ketones (excluding diaryl/α,β-unsaturated/α-hetero) is 1. The predicted molar refractivity (Wildman–Crippen MR) is 108 cm³/mol. The number of benzene rings is 2. The Balaban J connectivity index is 1.57. The van der Waals surface area contributed by atoms with Crippen LogP contribution in [0.15, 0.2) is 54.7 Å². The molecule has 140 valence electrons. The molecular formula is C22H18ClN3O2. The maximum absolute atomic E-state index is 12.5. The van der Waals surface area contributed by atoms with E-state index in [0.29, 0.717) is 34.7 Å². The third-order valence-electron chi connectivity index (χ3n) is 4.90. The van der Waals surface area contributed by atoms with Gasteiger partial charge in [0.05, 0.1) is 11.3 Å². The summed E-state index contributed by atoms with van der Waals surface area (Å²) in [7, 11) is 0. The quantitative estimate of drug-likeness (QED) is 0.708. The lowest BCUT2D eigenvalue weighted by Crippen LogP contribution is -2.22. The Kier molecular flexibility index (Phi) is 4.92. The smallest absolute Gasteiger partial charge is 0.258 e. The number of carbonyl (C=O) groups excluding carboxylic acids is 2. The number of nitrogens with one attached hydrogen (secondary N) is 1. The van der Waals surface area contributed by atoms with E-state index in [1.807, 2.05) is 43.3 Å². The van der Waals surface area contributed by atoms with Crippen molar-refractivity contribution in [1.82, 2.24) is 9.97 Å². The second-order valence-corrected chi connectivity index (χ2v) is 7.39. The van der Waals surface area contributed by atoms with Crippen molar-refractivity contribution in [1.29, 1.82) is 0 Å². The highest BCUT2D eigenvalue weighted by molar-refractivity contribution is 6.30. The van der Waals surface area contributed by atoms with Crippen molar-refractivity contribution in [2.45, 2.75) is 25.7 Å². The second kappa shape index (κ2) is 7.52. The summed E-state index contributed by atoms with van der Waals surface area (Å²) in [5.74, 6) is -0.0748. The Bertz CT molecular complexity index is 1060. The lowest BCUT2D eigenvalue weighted by molar-refractivity contribution is 0.0962. The molecule has 28 heavy (non-hydrogen) atoms. The highest BCUT2D eigenvalue weighted by Gasteiger charge is 2.28. The first-order chi connectivity index (χ1) is 13.5. The highest BCUT2D eigenvalue weighted by Crippen LogP contribution is 2.33. The standard InChI is InChI=1S/C22H18ClN3O2/c1-13-5-7-14(8-6-13)21(28)26-22-24-12-18-19(25-22)10-16(11-20(18)27)15-3-2-4-17(23)9-15/h2-9,12,16H,10-11H2,1H3,(H,24,25,26,28)/t16-/m1/s1. The number of carbonyl (C=O) groups is 2. The first-order valence-corrected chi connectivity index (χ1v) is 9.40. The highest BCUT2D eigenvalue weighted by atomic mass is 35.5. The van der Waals surface area contributed by atoms with E-state index < -0.39 is 0 Å². The van der Waals surface area contributed by atoms with Gasteiger partial charge in [-0.3, -0.25) is 14.9 Å². The monoisotopic (exact) mass is 391 g/mol. The van der Waals surface area contributed by atoms with Gasteiger partial charge in [-0.25, -0.2) is 9.97 Å². The maximum atomic E-state index is 12.5. The van der Waals surface area contributed by atoms with Crippen molar-refractivity contribution >= 4 is 29.2 Å². The normalized spacial score (nSPS) is 15.8. The van der Waals surface area contributed by atoms with E-state index in [1.165, 1.54) is 6.20 Å². The fourth-order valence-corrected chi connectivity index (χ4v) is 3.58. The molecular weight excluding hydrogens is 374 g/mol. The molecule has 1 atom stereocenters. The summed E-state index contributed by atoms with van der Waals surface area (Å²) in [5, 5.41) is 3.36. The van der Waals surface area contributed by atoms with Gasteiger partial charge in [0.15, 0.2) is 5.78 Å². The summed E-state index contributed by atoms with van der Waals surface area (Å²) in [6.45, 7) is 1.96. The number of aromatic nitrogens is 2. The molecule has 1 heterocycles. The molecule has 1 aliphatic carbocycles. The topological polar surface area (TPSA) is 72.0 Å². The van der Waals surface area contributed by atoms with Crippen molar-refractivity contribution < 1.29 is 9.59 Å². The fourth-order valence-electron chi connectivity index (χ4n) is 3.38. The molecule has 0 bridgehead atoms. The van der Waals surface area contributed by atoms with Crippen LogP contribution in [-0.2, 0) is 6.42 Å². The van der Waals surface area contributed by atoms with Crippen LogP contribution in [-0.4, -0.2) is 21.7 Å². The van der Waals surface area contributed by atoms with Crippen LogP contribution in [0.2, 0.25) is 5.02 Å². The first kappa shape index (κ1) is 18.3. The molecule has 0 unspecified atom stereocenters.